The third-order valence-electron chi connectivity index (χ3n) is 8.20. The first-order valence-corrected chi connectivity index (χ1v) is 12.6. The predicted octanol–water partition coefficient (Wildman–Crippen LogP) is 4.61. The molecule has 4 aliphatic rings. The summed E-state index contributed by atoms with van der Waals surface area (Å²) in [4.78, 5) is 31.0. The second-order valence-corrected chi connectivity index (χ2v) is 10.9. The molecule has 7 rings (SSSR count). The molecule has 176 valence electrons. The van der Waals surface area contributed by atoms with E-state index in [1.165, 1.54) is 19.3 Å². The van der Waals surface area contributed by atoms with Gasteiger partial charge >= 0.3 is 0 Å². The van der Waals surface area contributed by atoms with Gasteiger partial charge in [0, 0.05) is 11.1 Å². The van der Waals surface area contributed by atoms with E-state index in [2.05, 4.69) is 10.6 Å². The Bertz CT molecular complexity index is 1200. The quantitative estimate of drug-likeness (QED) is 0.569. The third kappa shape index (κ3) is 3.89. The van der Waals surface area contributed by atoms with Crippen LogP contribution in [0.15, 0.2) is 54.6 Å². The van der Waals surface area contributed by atoms with Gasteiger partial charge in [0.05, 0.1) is 17.1 Å². The van der Waals surface area contributed by atoms with E-state index in [0.717, 1.165) is 48.0 Å². The number of carbonyl (C=O) groups excluding carboxylic acids is 2. The Morgan fingerprint density at radius 2 is 1.59 bits per heavy atom. The number of imidazole rings is 1. The fourth-order valence-corrected chi connectivity index (χ4v) is 7.27. The third-order valence-corrected chi connectivity index (χ3v) is 8.20. The van der Waals surface area contributed by atoms with Gasteiger partial charge in [-0.05, 0) is 87.5 Å². The van der Waals surface area contributed by atoms with Gasteiger partial charge in [-0.3, -0.25) is 9.59 Å². The van der Waals surface area contributed by atoms with E-state index in [-0.39, 0.29) is 29.9 Å². The lowest BCUT2D eigenvalue weighted by atomic mass is 9.53. The second-order valence-electron chi connectivity index (χ2n) is 10.9. The van der Waals surface area contributed by atoms with Crippen molar-refractivity contribution in [1.82, 2.24) is 20.2 Å². The molecule has 4 bridgehead atoms. The van der Waals surface area contributed by atoms with Gasteiger partial charge in [-0.2, -0.15) is 0 Å². The van der Waals surface area contributed by atoms with Crippen molar-refractivity contribution in [3.63, 3.8) is 0 Å². The molecular formula is C28H32N4O2. The molecule has 1 aromatic heterocycles. The van der Waals surface area contributed by atoms with Gasteiger partial charge in [-0.1, -0.05) is 30.3 Å². The second kappa shape index (κ2) is 8.26. The van der Waals surface area contributed by atoms with Crippen LogP contribution in [0.3, 0.4) is 0 Å². The number of carbonyl (C=O) groups is 2. The number of amides is 2. The number of nitrogens with one attached hydrogen (secondary N) is 2. The maximum Gasteiger partial charge on any atom is 0.251 e. The summed E-state index contributed by atoms with van der Waals surface area (Å²) in [7, 11) is 0. The summed E-state index contributed by atoms with van der Waals surface area (Å²) in [6, 6.07) is 16.7. The molecule has 3 aromatic rings. The molecule has 2 amide bonds. The van der Waals surface area contributed by atoms with Crippen LogP contribution in [0.2, 0.25) is 0 Å². The highest BCUT2D eigenvalue weighted by Gasteiger charge is 2.51. The smallest absolute Gasteiger partial charge is 0.251 e. The molecule has 6 nitrogen and oxygen atoms in total. The van der Waals surface area contributed by atoms with Crippen molar-refractivity contribution in [3.05, 3.63) is 66.0 Å². The molecule has 1 atom stereocenters. The molecule has 0 radical (unpaired) electrons. The van der Waals surface area contributed by atoms with Crippen LogP contribution in [-0.4, -0.2) is 26.9 Å². The highest BCUT2D eigenvalue weighted by molar-refractivity contribution is 5.94. The topological polar surface area (TPSA) is 76.0 Å². The average molecular weight is 457 g/mol. The highest BCUT2D eigenvalue weighted by Crippen LogP contribution is 2.55. The first-order chi connectivity index (χ1) is 16.5. The number of hydrogen-bond acceptors (Lipinski definition) is 3. The maximum absolute atomic E-state index is 13.4. The van der Waals surface area contributed by atoms with E-state index < -0.39 is 0 Å². The Kier molecular flexibility index (Phi) is 5.19. The lowest BCUT2D eigenvalue weighted by molar-refractivity contribution is -0.127. The molecule has 2 aromatic carbocycles. The molecule has 4 aliphatic carbocycles. The zero-order valence-electron chi connectivity index (χ0n) is 19.7. The maximum atomic E-state index is 13.4. The normalized spacial score (nSPS) is 28.1. The zero-order chi connectivity index (χ0) is 23.3. The Hall–Kier alpha value is -3.15. The summed E-state index contributed by atoms with van der Waals surface area (Å²) in [5.74, 6) is 2.95. The molecular weight excluding hydrogens is 424 g/mol. The molecule has 1 unspecified atom stereocenters. The van der Waals surface area contributed by atoms with Gasteiger partial charge in [0.1, 0.15) is 12.4 Å². The minimum Gasteiger partial charge on any atom is -0.349 e. The van der Waals surface area contributed by atoms with Crippen molar-refractivity contribution in [2.45, 2.75) is 63.6 Å². The summed E-state index contributed by atoms with van der Waals surface area (Å²) in [6.45, 7) is 2.14. The van der Waals surface area contributed by atoms with Crippen LogP contribution in [0.25, 0.3) is 11.0 Å². The van der Waals surface area contributed by atoms with E-state index in [1.807, 2.05) is 54.0 Å². The number of rotatable bonds is 6. The van der Waals surface area contributed by atoms with Crippen molar-refractivity contribution in [2.24, 2.45) is 17.8 Å². The van der Waals surface area contributed by atoms with E-state index in [4.69, 9.17) is 4.98 Å². The van der Waals surface area contributed by atoms with Crippen molar-refractivity contribution in [1.29, 1.82) is 0 Å². The molecule has 2 N–H and O–H groups in total. The van der Waals surface area contributed by atoms with Gasteiger partial charge in [0.15, 0.2) is 0 Å². The molecule has 4 saturated carbocycles. The van der Waals surface area contributed by atoms with Crippen molar-refractivity contribution in [3.8, 4) is 0 Å². The van der Waals surface area contributed by atoms with Gasteiger partial charge in [-0.25, -0.2) is 4.98 Å². The Balaban J connectivity index is 1.24. The molecule has 0 spiro atoms. The van der Waals surface area contributed by atoms with Crippen molar-refractivity contribution in [2.75, 3.05) is 0 Å². The van der Waals surface area contributed by atoms with Crippen LogP contribution in [0, 0.1) is 17.8 Å². The fourth-order valence-electron chi connectivity index (χ4n) is 7.27. The molecule has 1 heterocycles. The molecule has 34 heavy (non-hydrogen) atoms. The number of benzene rings is 2. The summed E-state index contributed by atoms with van der Waals surface area (Å²) in [5.41, 5.74) is 2.34. The van der Waals surface area contributed by atoms with Crippen LogP contribution < -0.4 is 10.6 Å². The van der Waals surface area contributed by atoms with Crippen molar-refractivity contribution < 1.29 is 9.59 Å². The summed E-state index contributed by atoms with van der Waals surface area (Å²) >= 11 is 0. The average Bonchev–Trinajstić information content (AvgIpc) is 3.17. The van der Waals surface area contributed by atoms with Gasteiger partial charge < -0.3 is 15.2 Å². The summed E-state index contributed by atoms with van der Waals surface area (Å²) in [5, 5.41) is 6.55. The number of fused-ring (bicyclic) bond motifs is 1. The van der Waals surface area contributed by atoms with E-state index >= 15 is 0 Å². The van der Waals surface area contributed by atoms with Crippen LogP contribution in [0.4, 0.5) is 0 Å². The van der Waals surface area contributed by atoms with Crippen LogP contribution >= 0.6 is 0 Å². The largest absolute Gasteiger partial charge is 0.349 e. The molecule has 6 heteroatoms. The Morgan fingerprint density at radius 3 is 2.26 bits per heavy atom. The van der Waals surface area contributed by atoms with Gasteiger partial charge in [0.25, 0.3) is 5.91 Å². The lowest BCUT2D eigenvalue weighted by Crippen LogP contribution is -2.60. The SMILES string of the molecule is CC(NC(=O)c1ccccc1)c1nc2ccccc2n1CC(=O)NC12CC3CC(CC(C3)C1)C2. The van der Waals surface area contributed by atoms with Crippen molar-refractivity contribution >= 4 is 22.8 Å². The van der Waals surface area contributed by atoms with E-state index in [1.54, 1.807) is 12.1 Å². The van der Waals surface area contributed by atoms with Crippen LogP contribution in [-0.2, 0) is 11.3 Å². The fraction of sp³-hybridized carbons (Fsp3) is 0.464. The minimum atomic E-state index is -0.340. The lowest BCUT2D eigenvalue weighted by Gasteiger charge is -2.56. The van der Waals surface area contributed by atoms with Crippen LogP contribution in [0.5, 0.6) is 0 Å². The van der Waals surface area contributed by atoms with E-state index in [0.29, 0.717) is 11.4 Å². The number of nitrogens with zero attached hydrogens (tertiary/aromatic N) is 2. The zero-order valence-corrected chi connectivity index (χ0v) is 19.7. The standard InChI is InChI=1S/C28H32N4O2/c1-18(29-27(34)22-7-3-2-4-8-22)26-30-23-9-5-6-10-24(23)32(26)17-25(33)31-28-14-19-11-20(15-28)13-21(12-19)16-28/h2-10,18-21H,11-17H2,1H3,(H,29,34)(H,31,33). The van der Waals surface area contributed by atoms with Gasteiger partial charge in [0.2, 0.25) is 5.91 Å². The highest BCUT2D eigenvalue weighted by atomic mass is 16.2. The van der Waals surface area contributed by atoms with Gasteiger partial charge in [-0.15, -0.1) is 0 Å². The molecule has 0 saturated heterocycles. The molecule has 0 aliphatic heterocycles. The number of para-hydroxylation sites is 2. The number of aromatic nitrogens is 2. The monoisotopic (exact) mass is 456 g/mol. The van der Waals surface area contributed by atoms with Crippen LogP contribution in [0.1, 0.15) is 67.7 Å². The molecule has 4 fully saturated rings. The summed E-state index contributed by atoms with van der Waals surface area (Å²) < 4.78 is 1.97. The first-order valence-electron chi connectivity index (χ1n) is 12.6. The Labute approximate surface area is 200 Å². The first kappa shape index (κ1) is 21.4. The Morgan fingerprint density at radius 1 is 0.971 bits per heavy atom. The summed E-state index contributed by atoms with van der Waals surface area (Å²) in [6.07, 6.45) is 7.45. The minimum absolute atomic E-state index is 0.0183. The van der Waals surface area contributed by atoms with E-state index in [9.17, 15) is 9.59 Å². The predicted molar refractivity (Wildman–Crippen MR) is 131 cm³/mol. The number of hydrogen-bond donors (Lipinski definition) is 2.